The van der Waals surface area contributed by atoms with Gasteiger partial charge in [-0.15, -0.1) is 0 Å². The van der Waals surface area contributed by atoms with E-state index in [2.05, 4.69) is 21.2 Å². The molecule has 1 aromatic rings. The van der Waals surface area contributed by atoms with Crippen molar-refractivity contribution >= 4 is 21.8 Å². The Kier molecular flexibility index (Phi) is 4.82. The SMILES string of the molecule is CCCNC(=O)C(C)c1cccc(Br)c1. The molecule has 3 heteroatoms. The van der Waals surface area contributed by atoms with Gasteiger partial charge in [-0.3, -0.25) is 4.79 Å². The molecule has 1 unspecified atom stereocenters. The normalized spacial score (nSPS) is 12.2. The summed E-state index contributed by atoms with van der Waals surface area (Å²) in [6.45, 7) is 4.72. The third kappa shape index (κ3) is 3.67. The summed E-state index contributed by atoms with van der Waals surface area (Å²) in [5, 5.41) is 2.90. The highest BCUT2D eigenvalue weighted by atomic mass is 79.9. The molecule has 82 valence electrons. The van der Waals surface area contributed by atoms with E-state index in [4.69, 9.17) is 0 Å². The molecule has 0 radical (unpaired) electrons. The zero-order chi connectivity index (χ0) is 11.3. The van der Waals surface area contributed by atoms with E-state index in [1.165, 1.54) is 0 Å². The Morgan fingerprint density at radius 3 is 2.87 bits per heavy atom. The number of rotatable bonds is 4. The number of halogens is 1. The first-order chi connectivity index (χ1) is 7.15. The van der Waals surface area contributed by atoms with Crippen molar-refractivity contribution < 1.29 is 4.79 Å². The summed E-state index contributed by atoms with van der Waals surface area (Å²) in [6, 6.07) is 7.86. The zero-order valence-electron chi connectivity index (χ0n) is 9.09. The highest BCUT2D eigenvalue weighted by Gasteiger charge is 2.14. The van der Waals surface area contributed by atoms with Crippen molar-refractivity contribution in [2.45, 2.75) is 26.2 Å². The maximum Gasteiger partial charge on any atom is 0.227 e. The van der Waals surface area contributed by atoms with E-state index < -0.39 is 0 Å². The molecule has 0 aliphatic heterocycles. The van der Waals surface area contributed by atoms with Crippen LogP contribution in [0.15, 0.2) is 28.7 Å². The molecular formula is C12H16BrNO. The average Bonchev–Trinajstić information content (AvgIpc) is 2.24. The van der Waals surface area contributed by atoms with Crippen LogP contribution in [0.4, 0.5) is 0 Å². The molecule has 0 aromatic heterocycles. The summed E-state index contributed by atoms with van der Waals surface area (Å²) in [4.78, 5) is 11.7. The number of carbonyl (C=O) groups excluding carboxylic acids is 1. The summed E-state index contributed by atoms with van der Waals surface area (Å²) < 4.78 is 1.01. The van der Waals surface area contributed by atoms with Gasteiger partial charge in [-0.05, 0) is 31.0 Å². The molecule has 1 rings (SSSR count). The second-order valence-electron chi connectivity index (χ2n) is 3.57. The van der Waals surface area contributed by atoms with Gasteiger partial charge in [0.05, 0.1) is 5.92 Å². The third-order valence-corrected chi connectivity index (χ3v) is 2.78. The highest BCUT2D eigenvalue weighted by Crippen LogP contribution is 2.19. The largest absolute Gasteiger partial charge is 0.356 e. The van der Waals surface area contributed by atoms with E-state index >= 15 is 0 Å². The lowest BCUT2D eigenvalue weighted by atomic mass is 10.0. The molecule has 0 bridgehead atoms. The number of hydrogen-bond acceptors (Lipinski definition) is 1. The van der Waals surface area contributed by atoms with Gasteiger partial charge in [0.25, 0.3) is 0 Å². The van der Waals surface area contributed by atoms with Gasteiger partial charge in [0.15, 0.2) is 0 Å². The number of amides is 1. The van der Waals surface area contributed by atoms with Crippen molar-refractivity contribution in [1.29, 1.82) is 0 Å². The van der Waals surface area contributed by atoms with Crippen LogP contribution in [0.25, 0.3) is 0 Å². The van der Waals surface area contributed by atoms with Crippen molar-refractivity contribution in [2.24, 2.45) is 0 Å². The lowest BCUT2D eigenvalue weighted by molar-refractivity contribution is -0.122. The lowest BCUT2D eigenvalue weighted by Crippen LogP contribution is -2.28. The fourth-order valence-corrected chi connectivity index (χ4v) is 1.75. The molecule has 1 N–H and O–H groups in total. The fourth-order valence-electron chi connectivity index (χ4n) is 1.33. The summed E-state index contributed by atoms with van der Waals surface area (Å²) in [5.41, 5.74) is 1.04. The molecule has 0 fully saturated rings. The first-order valence-electron chi connectivity index (χ1n) is 5.18. The third-order valence-electron chi connectivity index (χ3n) is 2.29. The van der Waals surface area contributed by atoms with Crippen LogP contribution in [0.1, 0.15) is 31.7 Å². The van der Waals surface area contributed by atoms with E-state index in [0.29, 0.717) is 0 Å². The van der Waals surface area contributed by atoms with Gasteiger partial charge in [0.1, 0.15) is 0 Å². The van der Waals surface area contributed by atoms with Crippen LogP contribution in [0.3, 0.4) is 0 Å². The van der Waals surface area contributed by atoms with Crippen LogP contribution < -0.4 is 5.32 Å². The molecule has 0 saturated heterocycles. The molecule has 0 aliphatic rings. The summed E-state index contributed by atoms with van der Waals surface area (Å²) in [7, 11) is 0. The molecule has 1 aromatic carbocycles. The van der Waals surface area contributed by atoms with Crippen molar-refractivity contribution in [1.82, 2.24) is 5.32 Å². The topological polar surface area (TPSA) is 29.1 Å². The minimum absolute atomic E-state index is 0.0888. The van der Waals surface area contributed by atoms with Crippen molar-refractivity contribution in [2.75, 3.05) is 6.54 Å². The lowest BCUT2D eigenvalue weighted by Gasteiger charge is -2.12. The molecule has 0 heterocycles. The van der Waals surface area contributed by atoms with Crippen LogP contribution >= 0.6 is 15.9 Å². The summed E-state index contributed by atoms with van der Waals surface area (Å²) in [6.07, 6.45) is 0.969. The van der Waals surface area contributed by atoms with E-state index in [1.807, 2.05) is 38.1 Å². The van der Waals surface area contributed by atoms with E-state index in [1.54, 1.807) is 0 Å². The Hall–Kier alpha value is -0.830. The number of benzene rings is 1. The molecule has 1 amide bonds. The Morgan fingerprint density at radius 2 is 2.27 bits per heavy atom. The Bertz CT molecular complexity index is 338. The molecule has 0 saturated carbocycles. The quantitative estimate of drug-likeness (QED) is 0.895. The zero-order valence-corrected chi connectivity index (χ0v) is 10.7. The number of hydrogen-bond donors (Lipinski definition) is 1. The fraction of sp³-hybridized carbons (Fsp3) is 0.417. The van der Waals surface area contributed by atoms with Crippen molar-refractivity contribution in [3.05, 3.63) is 34.3 Å². The smallest absolute Gasteiger partial charge is 0.227 e. The molecule has 2 nitrogen and oxygen atoms in total. The van der Waals surface area contributed by atoms with Gasteiger partial charge < -0.3 is 5.32 Å². The van der Waals surface area contributed by atoms with Gasteiger partial charge in [0, 0.05) is 11.0 Å². The number of carbonyl (C=O) groups is 1. The van der Waals surface area contributed by atoms with E-state index in [-0.39, 0.29) is 11.8 Å². The monoisotopic (exact) mass is 269 g/mol. The molecule has 15 heavy (non-hydrogen) atoms. The second-order valence-corrected chi connectivity index (χ2v) is 4.48. The molecular weight excluding hydrogens is 254 g/mol. The van der Waals surface area contributed by atoms with Crippen LogP contribution in [0, 0.1) is 0 Å². The van der Waals surface area contributed by atoms with Gasteiger partial charge in [-0.25, -0.2) is 0 Å². The van der Waals surface area contributed by atoms with E-state index in [9.17, 15) is 4.79 Å². The summed E-state index contributed by atoms with van der Waals surface area (Å²) >= 11 is 3.40. The minimum Gasteiger partial charge on any atom is -0.356 e. The molecule has 0 aliphatic carbocycles. The predicted molar refractivity (Wildman–Crippen MR) is 65.9 cm³/mol. The highest BCUT2D eigenvalue weighted by molar-refractivity contribution is 9.10. The first-order valence-corrected chi connectivity index (χ1v) is 5.97. The predicted octanol–water partition coefficient (Wildman–Crippen LogP) is 3.08. The molecule has 0 spiro atoms. The Balaban J connectivity index is 2.67. The Morgan fingerprint density at radius 1 is 1.53 bits per heavy atom. The van der Waals surface area contributed by atoms with Crippen LogP contribution in [-0.4, -0.2) is 12.5 Å². The standard InChI is InChI=1S/C12H16BrNO/c1-3-7-14-12(15)9(2)10-5-4-6-11(13)8-10/h4-6,8-9H,3,7H2,1-2H3,(H,14,15). The maximum absolute atomic E-state index is 11.7. The van der Waals surface area contributed by atoms with E-state index in [0.717, 1.165) is 23.0 Å². The summed E-state index contributed by atoms with van der Waals surface area (Å²) in [5.74, 6) is 0.00370. The van der Waals surface area contributed by atoms with Gasteiger partial charge in [-0.1, -0.05) is 35.0 Å². The minimum atomic E-state index is -0.0888. The van der Waals surface area contributed by atoms with Gasteiger partial charge in [-0.2, -0.15) is 0 Å². The average molecular weight is 270 g/mol. The van der Waals surface area contributed by atoms with Gasteiger partial charge in [0.2, 0.25) is 5.91 Å². The number of nitrogens with one attached hydrogen (secondary N) is 1. The Labute approximate surface area is 99.2 Å². The van der Waals surface area contributed by atoms with Crippen molar-refractivity contribution in [3.8, 4) is 0 Å². The molecule has 1 atom stereocenters. The second kappa shape index (κ2) is 5.91. The van der Waals surface area contributed by atoms with Gasteiger partial charge >= 0.3 is 0 Å². The first kappa shape index (κ1) is 12.2. The van der Waals surface area contributed by atoms with Crippen LogP contribution in [0.5, 0.6) is 0 Å². The van der Waals surface area contributed by atoms with Crippen LogP contribution in [0.2, 0.25) is 0 Å². The van der Waals surface area contributed by atoms with Crippen LogP contribution in [-0.2, 0) is 4.79 Å². The maximum atomic E-state index is 11.7. The van der Waals surface area contributed by atoms with Crippen molar-refractivity contribution in [3.63, 3.8) is 0 Å².